The topological polar surface area (TPSA) is 9.86 Å². The first kappa shape index (κ1) is 28.5. The first-order valence-corrected chi connectivity index (χ1v) is 19.3. The second-order valence-corrected chi connectivity index (χ2v) is 15.9. The van der Waals surface area contributed by atoms with Gasteiger partial charge in [0, 0.05) is 73.3 Å². The van der Waals surface area contributed by atoms with E-state index < -0.39 is 0 Å². The standard InChI is InChI=1S/C48H28N2S2/c1-5-13-41-33(9-1)39-25-29(17-23-43(39)49(41)31-19-21-37-35-11-3-7-15-45(35)51-47(37)27-31)30-18-24-44-40(26-30)34-10-2-6-14-42(34)50(44)32-20-22-38-36-12-4-8-16-46(36)52-48(38)28-32/h1-28H. The summed E-state index contributed by atoms with van der Waals surface area (Å²) in [6.45, 7) is 0. The van der Waals surface area contributed by atoms with Crippen molar-refractivity contribution >= 4 is 107 Å². The lowest BCUT2D eigenvalue weighted by Crippen LogP contribution is -1.93. The van der Waals surface area contributed by atoms with Gasteiger partial charge < -0.3 is 9.13 Å². The average molecular weight is 697 g/mol. The zero-order chi connectivity index (χ0) is 33.9. The number of rotatable bonds is 3. The first-order chi connectivity index (χ1) is 25.8. The Labute approximate surface area is 306 Å². The zero-order valence-corrected chi connectivity index (χ0v) is 29.5. The molecule has 4 heteroatoms. The van der Waals surface area contributed by atoms with Gasteiger partial charge in [0.1, 0.15) is 0 Å². The van der Waals surface area contributed by atoms with Crippen LogP contribution in [0.5, 0.6) is 0 Å². The number of nitrogens with zero attached hydrogens (tertiary/aromatic N) is 2. The van der Waals surface area contributed by atoms with Crippen molar-refractivity contribution < 1.29 is 0 Å². The molecule has 0 atom stereocenters. The Kier molecular flexibility index (Phi) is 5.84. The predicted octanol–water partition coefficient (Wildman–Crippen LogP) is 14.3. The molecule has 0 radical (unpaired) electrons. The van der Waals surface area contributed by atoms with Crippen LogP contribution in [0.3, 0.4) is 0 Å². The Balaban J connectivity index is 1.02. The fraction of sp³-hybridized carbons (Fsp3) is 0. The summed E-state index contributed by atoms with van der Waals surface area (Å²) in [5.41, 5.74) is 9.73. The van der Waals surface area contributed by atoms with E-state index in [1.807, 2.05) is 22.7 Å². The molecule has 0 N–H and O–H groups in total. The van der Waals surface area contributed by atoms with Crippen molar-refractivity contribution in [2.24, 2.45) is 0 Å². The summed E-state index contributed by atoms with van der Waals surface area (Å²) in [5.74, 6) is 0. The van der Waals surface area contributed by atoms with Gasteiger partial charge in [0.25, 0.3) is 0 Å². The molecule has 0 amide bonds. The number of hydrogen-bond donors (Lipinski definition) is 0. The highest BCUT2D eigenvalue weighted by atomic mass is 32.1. The van der Waals surface area contributed by atoms with E-state index >= 15 is 0 Å². The summed E-state index contributed by atoms with van der Waals surface area (Å²) in [4.78, 5) is 0. The molecule has 0 unspecified atom stereocenters. The maximum absolute atomic E-state index is 2.43. The number of thiophene rings is 2. The van der Waals surface area contributed by atoms with Crippen LogP contribution in [0.4, 0.5) is 0 Å². The number of para-hydroxylation sites is 2. The van der Waals surface area contributed by atoms with E-state index in [0.717, 1.165) is 0 Å². The lowest BCUT2D eigenvalue weighted by atomic mass is 10.0. The minimum absolute atomic E-state index is 1.20. The Morgan fingerprint density at radius 3 is 1.13 bits per heavy atom. The van der Waals surface area contributed by atoms with E-state index in [1.54, 1.807) is 0 Å². The quantitative estimate of drug-likeness (QED) is 0.174. The van der Waals surface area contributed by atoms with E-state index in [9.17, 15) is 0 Å². The lowest BCUT2D eigenvalue weighted by Gasteiger charge is -2.10. The van der Waals surface area contributed by atoms with Gasteiger partial charge in [0.15, 0.2) is 0 Å². The van der Waals surface area contributed by atoms with Gasteiger partial charge in [-0.15, -0.1) is 22.7 Å². The molecule has 0 aliphatic carbocycles. The fourth-order valence-electron chi connectivity index (χ4n) is 8.57. The van der Waals surface area contributed by atoms with E-state index in [4.69, 9.17) is 0 Å². The van der Waals surface area contributed by atoms with Crippen LogP contribution < -0.4 is 0 Å². The van der Waals surface area contributed by atoms with Gasteiger partial charge in [-0.2, -0.15) is 0 Å². The third-order valence-electron chi connectivity index (χ3n) is 10.9. The largest absolute Gasteiger partial charge is 0.309 e. The van der Waals surface area contributed by atoms with Gasteiger partial charge in [0.2, 0.25) is 0 Å². The third kappa shape index (κ3) is 3.99. The van der Waals surface area contributed by atoms with Crippen molar-refractivity contribution in [1.82, 2.24) is 9.13 Å². The van der Waals surface area contributed by atoms with Crippen LogP contribution in [-0.2, 0) is 0 Å². The molecule has 0 aliphatic heterocycles. The minimum atomic E-state index is 1.20. The first-order valence-electron chi connectivity index (χ1n) is 17.7. The molecule has 0 saturated carbocycles. The van der Waals surface area contributed by atoms with Crippen LogP contribution in [0.1, 0.15) is 0 Å². The summed E-state index contributed by atoms with van der Waals surface area (Å²) in [6.07, 6.45) is 0. The molecule has 12 rings (SSSR count). The van der Waals surface area contributed by atoms with Crippen LogP contribution in [-0.4, -0.2) is 9.13 Å². The highest BCUT2D eigenvalue weighted by Gasteiger charge is 2.17. The van der Waals surface area contributed by atoms with E-state index in [-0.39, 0.29) is 0 Å². The van der Waals surface area contributed by atoms with Gasteiger partial charge in [0.05, 0.1) is 22.1 Å². The highest BCUT2D eigenvalue weighted by Crippen LogP contribution is 2.41. The SMILES string of the molecule is c1ccc2c(c1)sc1cc(-n3c4ccccc4c4cc(-c5ccc6c(c5)c5ccccc5n6-c5ccc6c(c5)sc5ccccc56)ccc43)ccc12. The summed E-state index contributed by atoms with van der Waals surface area (Å²) in [5, 5.41) is 10.4. The molecule has 4 aromatic heterocycles. The molecular formula is C48H28N2S2. The normalized spacial score (nSPS) is 12.2. The second kappa shape index (κ2) is 10.7. The summed E-state index contributed by atoms with van der Waals surface area (Å²) >= 11 is 3.74. The number of hydrogen-bond acceptors (Lipinski definition) is 2. The van der Waals surface area contributed by atoms with Crippen LogP contribution in [0, 0.1) is 0 Å². The van der Waals surface area contributed by atoms with Crippen LogP contribution in [0.15, 0.2) is 170 Å². The monoisotopic (exact) mass is 696 g/mol. The van der Waals surface area contributed by atoms with Crippen molar-refractivity contribution in [3.8, 4) is 22.5 Å². The van der Waals surface area contributed by atoms with E-state index in [2.05, 4.69) is 179 Å². The Hall–Kier alpha value is -6.20. The summed E-state index contributed by atoms with van der Waals surface area (Å²) in [7, 11) is 0. The molecule has 8 aromatic carbocycles. The van der Waals surface area contributed by atoms with Gasteiger partial charge in [-0.3, -0.25) is 0 Å². The van der Waals surface area contributed by atoms with E-state index in [0.29, 0.717) is 0 Å². The molecule has 52 heavy (non-hydrogen) atoms. The van der Waals surface area contributed by atoms with Crippen LogP contribution in [0.2, 0.25) is 0 Å². The minimum Gasteiger partial charge on any atom is -0.309 e. The Bertz CT molecular complexity index is 3190. The summed E-state index contributed by atoms with van der Waals surface area (Å²) < 4.78 is 10.2. The molecule has 0 bridgehead atoms. The van der Waals surface area contributed by atoms with E-state index in [1.165, 1.54) is 106 Å². The third-order valence-corrected chi connectivity index (χ3v) is 13.2. The molecule has 0 fully saturated rings. The Morgan fingerprint density at radius 1 is 0.269 bits per heavy atom. The molecular weight excluding hydrogens is 669 g/mol. The Morgan fingerprint density at radius 2 is 0.654 bits per heavy atom. The van der Waals surface area contributed by atoms with Gasteiger partial charge in [-0.1, -0.05) is 97.1 Å². The maximum Gasteiger partial charge on any atom is 0.0541 e. The number of aromatic nitrogens is 2. The van der Waals surface area contributed by atoms with Crippen molar-refractivity contribution in [3.05, 3.63) is 170 Å². The van der Waals surface area contributed by atoms with Gasteiger partial charge in [-0.05, 0) is 83.9 Å². The maximum atomic E-state index is 2.43. The smallest absolute Gasteiger partial charge is 0.0541 e. The van der Waals surface area contributed by atoms with Crippen molar-refractivity contribution in [2.75, 3.05) is 0 Å². The second-order valence-electron chi connectivity index (χ2n) is 13.7. The van der Waals surface area contributed by atoms with Crippen molar-refractivity contribution in [3.63, 3.8) is 0 Å². The van der Waals surface area contributed by atoms with Crippen molar-refractivity contribution in [1.29, 1.82) is 0 Å². The van der Waals surface area contributed by atoms with Gasteiger partial charge >= 0.3 is 0 Å². The lowest BCUT2D eigenvalue weighted by molar-refractivity contribution is 1.19. The van der Waals surface area contributed by atoms with Gasteiger partial charge in [-0.25, -0.2) is 0 Å². The average Bonchev–Trinajstić information content (AvgIpc) is 3.94. The molecule has 242 valence electrons. The molecule has 4 heterocycles. The van der Waals surface area contributed by atoms with Crippen LogP contribution >= 0.6 is 22.7 Å². The summed E-state index contributed by atoms with van der Waals surface area (Å²) in [6, 6.07) is 63.0. The molecule has 0 aliphatic rings. The molecule has 12 aromatic rings. The number of benzene rings is 8. The number of fused-ring (bicyclic) bond motifs is 12. The van der Waals surface area contributed by atoms with Crippen LogP contribution in [0.25, 0.3) is 106 Å². The molecule has 2 nitrogen and oxygen atoms in total. The fourth-order valence-corrected chi connectivity index (χ4v) is 10.8. The predicted molar refractivity (Wildman–Crippen MR) is 226 cm³/mol. The van der Waals surface area contributed by atoms with Crippen molar-refractivity contribution in [2.45, 2.75) is 0 Å². The zero-order valence-electron chi connectivity index (χ0n) is 27.9. The molecule has 0 saturated heterocycles. The molecule has 0 spiro atoms. The highest BCUT2D eigenvalue weighted by molar-refractivity contribution is 7.26.